The van der Waals surface area contributed by atoms with Gasteiger partial charge in [0.25, 0.3) is 5.91 Å². The van der Waals surface area contributed by atoms with E-state index in [1.54, 1.807) is 11.3 Å². The second-order valence-corrected chi connectivity index (χ2v) is 7.00. The Morgan fingerprint density at radius 3 is 2.41 bits per heavy atom. The van der Waals surface area contributed by atoms with Crippen LogP contribution >= 0.6 is 35.3 Å². The first-order valence-corrected chi connectivity index (χ1v) is 9.69. The third-order valence-electron chi connectivity index (χ3n) is 3.73. The lowest BCUT2D eigenvalue weighted by Gasteiger charge is -2.21. The molecule has 0 aliphatic heterocycles. The Kier molecular flexibility index (Phi) is 10.3. The van der Waals surface area contributed by atoms with E-state index in [9.17, 15) is 4.79 Å². The predicted molar refractivity (Wildman–Crippen MR) is 123 cm³/mol. The third kappa shape index (κ3) is 7.45. The number of amides is 1. The average Bonchev–Trinajstić information content (AvgIpc) is 3.04. The van der Waals surface area contributed by atoms with Crippen molar-refractivity contribution in [2.45, 2.75) is 33.9 Å². The molecule has 0 aliphatic rings. The van der Waals surface area contributed by atoms with Crippen molar-refractivity contribution in [3.63, 3.8) is 0 Å². The molecular formula is C19H28IN5OS. The standard InChI is InChI=1S/C19H27N5OS.HI/c1-5-20-18(25)16-9-7-15(8-10-16)11-22-19(21-6-2)24(4)12-17-13-26-14(3)23-17;/h7-10,13H,5-6,11-12H2,1-4H3,(H,20,25)(H,21,22);1H. The Morgan fingerprint density at radius 2 is 1.85 bits per heavy atom. The van der Waals surface area contributed by atoms with E-state index in [0.29, 0.717) is 25.2 Å². The van der Waals surface area contributed by atoms with Crippen LogP contribution in [0.1, 0.15) is 40.5 Å². The van der Waals surface area contributed by atoms with Gasteiger partial charge < -0.3 is 15.5 Å². The van der Waals surface area contributed by atoms with Gasteiger partial charge in [-0.05, 0) is 38.5 Å². The van der Waals surface area contributed by atoms with E-state index in [0.717, 1.165) is 28.8 Å². The van der Waals surface area contributed by atoms with E-state index in [4.69, 9.17) is 4.99 Å². The number of aromatic nitrogens is 1. The maximum atomic E-state index is 11.8. The summed E-state index contributed by atoms with van der Waals surface area (Å²) in [6.07, 6.45) is 0. The van der Waals surface area contributed by atoms with Crippen molar-refractivity contribution in [1.82, 2.24) is 20.5 Å². The SMILES string of the molecule is CCNC(=O)c1ccc(CN=C(NCC)N(C)Cc2csc(C)n2)cc1.I. The maximum absolute atomic E-state index is 11.8. The summed E-state index contributed by atoms with van der Waals surface area (Å²) in [7, 11) is 2.01. The first-order valence-electron chi connectivity index (χ1n) is 8.81. The van der Waals surface area contributed by atoms with E-state index >= 15 is 0 Å². The maximum Gasteiger partial charge on any atom is 0.251 e. The van der Waals surface area contributed by atoms with Gasteiger partial charge in [-0.1, -0.05) is 12.1 Å². The van der Waals surface area contributed by atoms with Crippen molar-refractivity contribution < 1.29 is 4.79 Å². The molecule has 2 N–H and O–H groups in total. The number of guanidine groups is 1. The lowest BCUT2D eigenvalue weighted by Crippen LogP contribution is -2.38. The van der Waals surface area contributed by atoms with Crippen LogP contribution < -0.4 is 10.6 Å². The van der Waals surface area contributed by atoms with Crippen molar-refractivity contribution in [2.24, 2.45) is 4.99 Å². The fourth-order valence-corrected chi connectivity index (χ4v) is 3.06. The fourth-order valence-electron chi connectivity index (χ4n) is 2.46. The minimum Gasteiger partial charge on any atom is -0.357 e. The Labute approximate surface area is 182 Å². The summed E-state index contributed by atoms with van der Waals surface area (Å²) >= 11 is 1.66. The van der Waals surface area contributed by atoms with Crippen LogP contribution in [-0.2, 0) is 13.1 Å². The van der Waals surface area contributed by atoms with Gasteiger partial charge in [0.1, 0.15) is 0 Å². The molecule has 0 saturated heterocycles. The molecule has 0 unspecified atom stereocenters. The zero-order valence-electron chi connectivity index (χ0n) is 16.3. The number of thiazole rings is 1. The molecule has 148 valence electrons. The quantitative estimate of drug-likeness (QED) is 0.347. The summed E-state index contributed by atoms with van der Waals surface area (Å²) in [5, 5.41) is 9.26. The molecule has 0 bridgehead atoms. The van der Waals surface area contributed by atoms with Gasteiger partial charge in [-0.2, -0.15) is 0 Å². The topological polar surface area (TPSA) is 69.6 Å². The van der Waals surface area contributed by atoms with E-state index < -0.39 is 0 Å². The summed E-state index contributed by atoms with van der Waals surface area (Å²) in [5.41, 5.74) is 2.78. The predicted octanol–water partition coefficient (Wildman–Crippen LogP) is 3.42. The van der Waals surface area contributed by atoms with Gasteiger partial charge >= 0.3 is 0 Å². The van der Waals surface area contributed by atoms with Crippen LogP contribution in [0.15, 0.2) is 34.6 Å². The molecule has 0 atom stereocenters. The molecule has 1 amide bonds. The molecule has 2 rings (SSSR count). The van der Waals surface area contributed by atoms with E-state index in [-0.39, 0.29) is 29.9 Å². The van der Waals surface area contributed by atoms with Crippen LogP contribution in [0.25, 0.3) is 0 Å². The van der Waals surface area contributed by atoms with Gasteiger partial charge in [0.15, 0.2) is 5.96 Å². The van der Waals surface area contributed by atoms with Crippen molar-refractivity contribution >= 4 is 47.2 Å². The van der Waals surface area contributed by atoms with Gasteiger partial charge in [-0.3, -0.25) is 4.79 Å². The second-order valence-electron chi connectivity index (χ2n) is 5.94. The first kappa shape index (κ1) is 23.4. The highest BCUT2D eigenvalue weighted by Crippen LogP contribution is 2.10. The molecule has 0 fully saturated rings. The largest absolute Gasteiger partial charge is 0.357 e. The van der Waals surface area contributed by atoms with Crippen LogP contribution in [-0.4, -0.2) is 41.9 Å². The molecule has 1 aromatic carbocycles. The number of benzene rings is 1. The van der Waals surface area contributed by atoms with Gasteiger partial charge in [0.05, 0.1) is 23.8 Å². The zero-order valence-corrected chi connectivity index (χ0v) is 19.4. The van der Waals surface area contributed by atoms with E-state index in [1.165, 1.54) is 0 Å². The summed E-state index contributed by atoms with van der Waals surface area (Å²) in [6.45, 7) is 8.67. The molecule has 1 aromatic heterocycles. The van der Waals surface area contributed by atoms with E-state index in [1.807, 2.05) is 45.2 Å². The molecular weight excluding hydrogens is 473 g/mol. The Morgan fingerprint density at radius 1 is 1.19 bits per heavy atom. The summed E-state index contributed by atoms with van der Waals surface area (Å²) in [4.78, 5) is 23.1. The zero-order chi connectivity index (χ0) is 18.9. The summed E-state index contributed by atoms with van der Waals surface area (Å²) in [6, 6.07) is 7.57. The smallest absolute Gasteiger partial charge is 0.251 e. The van der Waals surface area contributed by atoms with Crippen molar-refractivity contribution in [2.75, 3.05) is 20.1 Å². The van der Waals surface area contributed by atoms with Gasteiger partial charge in [-0.25, -0.2) is 9.98 Å². The van der Waals surface area contributed by atoms with Gasteiger partial charge in [0.2, 0.25) is 0 Å². The third-order valence-corrected chi connectivity index (χ3v) is 4.55. The van der Waals surface area contributed by atoms with Crippen LogP contribution in [0.5, 0.6) is 0 Å². The number of aryl methyl sites for hydroxylation is 1. The van der Waals surface area contributed by atoms with Crippen LogP contribution in [0.3, 0.4) is 0 Å². The highest BCUT2D eigenvalue weighted by atomic mass is 127. The van der Waals surface area contributed by atoms with Crippen LogP contribution in [0, 0.1) is 6.92 Å². The molecule has 0 aliphatic carbocycles. The van der Waals surface area contributed by atoms with Gasteiger partial charge in [0, 0.05) is 31.1 Å². The minimum atomic E-state index is -0.0471. The Balaban J connectivity index is 0.00000364. The second kappa shape index (κ2) is 11.9. The Hall–Kier alpha value is -1.68. The fraction of sp³-hybridized carbons (Fsp3) is 0.421. The lowest BCUT2D eigenvalue weighted by atomic mass is 10.1. The number of hydrogen-bond acceptors (Lipinski definition) is 4. The summed E-state index contributed by atoms with van der Waals surface area (Å²) < 4.78 is 0. The number of aliphatic imine (C=N–C) groups is 1. The molecule has 8 heteroatoms. The van der Waals surface area contributed by atoms with Gasteiger partial charge in [-0.15, -0.1) is 35.3 Å². The van der Waals surface area contributed by atoms with Crippen molar-refractivity contribution in [3.8, 4) is 0 Å². The molecule has 1 heterocycles. The van der Waals surface area contributed by atoms with Crippen molar-refractivity contribution in [3.05, 3.63) is 51.5 Å². The molecule has 2 aromatic rings. The highest BCUT2D eigenvalue weighted by molar-refractivity contribution is 14.0. The lowest BCUT2D eigenvalue weighted by molar-refractivity contribution is 0.0956. The number of halogens is 1. The van der Waals surface area contributed by atoms with E-state index in [2.05, 4.69) is 32.8 Å². The molecule has 0 saturated carbocycles. The number of carbonyl (C=O) groups is 1. The average molecular weight is 501 g/mol. The molecule has 0 radical (unpaired) electrons. The first-order chi connectivity index (χ1) is 12.5. The molecule has 27 heavy (non-hydrogen) atoms. The number of nitrogens with one attached hydrogen (secondary N) is 2. The highest BCUT2D eigenvalue weighted by Gasteiger charge is 2.09. The number of carbonyl (C=O) groups excluding carboxylic acids is 1. The van der Waals surface area contributed by atoms with Crippen LogP contribution in [0.4, 0.5) is 0 Å². The molecule has 6 nitrogen and oxygen atoms in total. The van der Waals surface area contributed by atoms with Crippen molar-refractivity contribution in [1.29, 1.82) is 0 Å². The van der Waals surface area contributed by atoms with Crippen LogP contribution in [0.2, 0.25) is 0 Å². The monoisotopic (exact) mass is 501 g/mol. The Bertz CT molecular complexity index is 745. The number of hydrogen-bond donors (Lipinski definition) is 2. The normalized spacial score (nSPS) is 10.9. The minimum absolute atomic E-state index is 0. The number of rotatable bonds is 7. The summed E-state index contributed by atoms with van der Waals surface area (Å²) in [5.74, 6) is 0.792. The number of nitrogens with zero attached hydrogens (tertiary/aromatic N) is 3. The molecule has 0 spiro atoms.